The van der Waals surface area contributed by atoms with Crippen molar-refractivity contribution in [3.8, 4) is 0 Å². The second-order valence-corrected chi connectivity index (χ2v) is 7.56. The number of nitrogens with zero attached hydrogens (tertiary/aromatic N) is 1. The van der Waals surface area contributed by atoms with Gasteiger partial charge >= 0.3 is 7.12 Å². The first-order valence-electron chi connectivity index (χ1n) is 6.96. The summed E-state index contributed by atoms with van der Waals surface area (Å²) in [6.07, 6.45) is 2.08. The van der Waals surface area contributed by atoms with Gasteiger partial charge in [0.15, 0.2) is 0 Å². The minimum absolute atomic E-state index is 0.266. The van der Waals surface area contributed by atoms with Gasteiger partial charge in [0.05, 0.1) is 11.2 Å². The van der Waals surface area contributed by atoms with Gasteiger partial charge in [0, 0.05) is 11.4 Å². The van der Waals surface area contributed by atoms with Gasteiger partial charge in [-0.2, -0.15) is 0 Å². The lowest BCUT2D eigenvalue weighted by atomic mass is 9.89. The summed E-state index contributed by atoms with van der Waals surface area (Å²) in [5.74, 6) is 2.00. The lowest BCUT2D eigenvalue weighted by Crippen LogP contribution is -2.41. The van der Waals surface area contributed by atoms with Crippen LogP contribution >= 0.6 is 11.3 Å². The van der Waals surface area contributed by atoms with Crippen LogP contribution in [0.25, 0.3) is 6.08 Å². The van der Waals surface area contributed by atoms with Crippen LogP contribution in [-0.2, 0) is 15.9 Å². The first kappa shape index (κ1) is 15.8. The molecule has 1 aromatic rings. The summed E-state index contributed by atoms with van der Waals surface area (Å²) < 4.78 is 11.9. The average molecular weight is 293 g/mol. The Labute approximate surface area is 126 Å². The van der Waals surface area contributed by atoms with Crippen LogP contribution in [0.4, 0.5) is 0 Å². The van der Waals surface area contributed by atoms with Crippen molar-refractivity contribution in [2.45, 2.75) is 45.4 Å². The SMILES string of the molecule is CN(C)Cc1cc(C=CB2OC(C)(C)C(C)(C)O2)cs1. The smallest absolute Gasteiger partial charge is 0.400 e. The molecule has 0 atom stereocenters. The van der Waals surface area contributed by atoms with Gasteiger partial charge in [0.2, 0.25) is 0 Å². The molecule has 1 aromatic heterocycles. The number of thiophene rings is 1. The fourth-order valence-corrected chi connectivity index (χ4v) is 3.01. The molecule has 0 saturated carbocycles. The number of rotatable bonds is 4. The van der Waals surface area contributed by atoms with E-state index in [4.69, 9.17) is 9.31 Å². The quantitative estimate of drug-likeness (QED) is 0.794. The monoisotopic (exact) mass is 293 g/mol. The van der Waals surface area contributed by atoms with Crippen LogP contribution in [0, 0.1) is 0 Å². The first-order valence-corrected chi connectivity index (χ1v) is 7.83. The molecule has 110 valence electrons. The van der Waals surface area contributed by atoms with Crippen LogP contribution in [0.3, 0.4) is 0 Å². The zero-order valence-corrected chi connectivity index (χ0v) is 14.1. The molecule has 20 heavy (non-hydrogen) atoms. The normalized spacial score (nSPS) is 21.2. The maximum atomic E-state index is 5.94. The Bertz CT molecular complexity index is 478. The van der Waals surface area contributed by atoms with E-state index in [1.54, 1.807) is 11.3 Å². The van der Waals surface area contributed by atoms with Gasteiger partial charge in [-0.3, -0.25) is 0 Å². The van der Waals surface area contributed by atoms with Crippen molar-refractivity contribution in [3.63, 3.8) is 0 Å². The van der Waals surface area contributed by atoms with E-state index in [0.29, 0.717) is 0 Å². The van der Waals surface area contributed by atoms with Gasteiger partial charge in [0.1, 0.15) is 0 Å². The summed E-state index contributed by atoms with van der Waals surface area (Å²) in [5.41, 5.74) is 0.668. The molecule has 0 radical (unpaired) electrons. The van der Waals surface area contributed by atoms with Gasteiger partial charge in [-0.15, -0.1) is 11.3 Å². The van der Waals surface area contributed by atoms with Crippen LogP contribution in [0.15, 0.2) is 17.4 Å². The van der Waals surface area contributed by atoms with Gasteiger partial charge < -0.3 is 14.2 Å². The topological polar surface area (TPSA) is 21.7 Å². The molecule has 1 saturated heterocycles. The molecule has 1 aliphatic rings. The molecular weight excluding hydrogens is 269 g/mol. The van der Waals surface area contributed by atoms with E-state index in [1.807, 2.05) is 5.98 Å². The predicted octanol–water partition coefficient (Wildman–Crippen LogP) is 3.45. The third kappa shape index (κ3) is 3.53. The van der Waals surface area contributed by atoms with E-state index in [0.717, 1.165) is 6.54 Å². The highest BCUT2D eigenvalue weighted by Crippen LogP contribution is 2.37. The summed E-state index contributed by atoms with van der Waals surface area (Å²) in [4.78, 5) is 3.54. The molecular formula is C15H24BNO2S. The average Bonchev–Trinajstić information content (AvgIpc) is 2.78. The third-order valence-corrected chi connectivity index (χ3v) is 4.80. The Hall–Kier alpha value is -0.615. The van der Waals surface area contributed by atoms with Gasteiger partial charge in [0.25, 0.3) is 0 Å². The summed E-state index contributed by atoms with van der Waals surface area (Å²) in [7, 11) is 3.90. The molecule has 2 heterocycles. The van der Waals surface area contributed by atoms with Gasteiger partial charge in [-0.25, -0.2) is 0 Å². The van der Waals surface area contributed by atoms with E-state index in [1.165, 1.54) is 10.4 Å². The third-order valence-electron chi connectivity index (χ3n) is 3.86. The second kappa shape index (κ2) is 5.64. The van der Waals surface area contributed by atoms with Crippen LogP contribution in [-0.4, -0.2) is 37.3 Å². The van der Waals surface area contributed by atoms with Crippen molar-refractivity contribution in [1.29, 1.82) is 0 Å². The lowest BCUT2D eigenvalue weighted by Gasteiger charge is -2.32. The molecule has 1 aliphatic heterocycles. The number of hydrogen-bond acceptors (Lipinski definition) is 4. The maximum Gasteiger partial charge on any atom is 0.487 e. The van der Waals surface area contributed by atoms with Crippen molar-refractivity contribution >= 4 is 24.5 Å². The van der Waals surface area contributed by atoms with E-state index in [2.05, 4.69) is 64.2 Å². The van der Waals surface area contributed by atoms with Crippen LogP contribution in [0.1, 0.15) is 38.1 Å². The molecule has 2 rings (SSSR count). The fourth-order valence-electron chi connectivity index (χ4n) is 2.04. The summed E-state index contributed by atoms with van der Waals surface area (Å²) in [6, 6.07) is 2.21. The zero-order chi connectivity index (χ0) is 15.0. The van der Waals surface area contributed by atoms with Crippen LogP contribution < -0.4 is 0 Å². The summed E-state index contributed by atoms with van der Waals surface area (Å²) in [6.45, 7) is 9.26. The minimum Gasteiger partial charge on any atom is -0.400 e. The molecule has 0 unspecified atom stereocenters. The molecule has 0 bridgehead atoms. The largest absolute Gasteiger partial charge is 0.487 e. The van der Waals surface area contributed by atoms with Crippen molar-refractivity contribution in [3.05, 3.63) is 27.9 Å². The van der Waals surface area contributed by atoms with E-state index in [-0.39, 0.29) is 18.3 Å². The van der Waals surface area contributed by atoms with E-state index in [9.17, 15) is 0 Å². The Morgan fingerprint density at radius 2 is 1.80 bits per heavy atom. The van der Waals surface area contributed by atoms with Crippen LogP contribution in [0.5, 0.6) is 0 Å². The Morgan fingerprint density at radius 3 is 2.35 bits per heavy atom. The van der Waals surface area contributed by atoms with Gasteiger partial charge in [-0.1, -0.05) is 12.1 Å². The van der Waals surface area contributed by atoms with E-state index >= 15 is 0 Å². The van der Waals surface area contributed by atoms with E-state index < -0.39 is 0 Å². The molecule has 0 aliphatic carbocycles. The molecule has 5 heteroatoms. The standard InChI is InChI=1S/C15H24BNO2S/c1-14(2)15(3,4)19-16(18-14)8-7-12-9-13(20-11-12)10-17(5)6/h7-9,11H,10H2,1-6H3. The Kier molecular flexibility index (Phi) is 4.45. The maximum absolute atomic E-state index is 5.94. The molecule has 0 aromatic carbocycles. The highest BCUT2D eigenvalue weighted by molar-refractivity contribution is 7.10. The second-order valence-electron chi connectivity index (χ2n) is 6.57. The van der Waals surface area contributed by atoms with Gasteiger partial charge in [-0.05, 0) is 58.8 Å². The summed E-state index contributed by atoms with van der Waals surface area (Å²) >= 11 is 1.79. The van der Waals surface area contributed by atoms with Crippen LogP contribution in [0.2, 0.25) is 0 Å². The predicted molar refractivity (Wildman–Crippen MR) is 86.8 cm³/mol. The number of hydrogen-bond donors (Lipinski definition) is 0. The first-order chi connectivity index (χ1) is 9.19. The van der Waals surface area contributed by atoms with Crippen molar-refractivity contribution < 1.29 is 9.31 Å². The zero-order valence-electron chi connectivity index (χ0n) is 13.3. The van der Waals surface area contributed by atoms with Crippen molar-refractivity contribution in [2.24, 2.45) is 0 Å². The Balaban J connectivity index is 1.99. The minimum atomic E-state index is -0.271. The fraction of sp³-hybridized carbons (Fsp3) is 0.600. The molecule has 0 amide bonds. The lowest BCUT2D eigenvalue weighted by molar-refractivity contribution is 0.00578. The molecule has 3 nitrogen and oxygen atoms in total. The highest BCUT2D eigenvalue weighted by Gasteiger charge is 2.49. The molecule has 1 fully saturated rings. The Morgan fingerprint density at radius 1 is 1.20 bits per heavy atom. The summed E-state index contributed by atoms with van der Waals surface area (Å²) in [5, 5.41) is 2.17. The van der Waals surface area contributed by atoms with Crippen molar-refractivity contribution in [1.82, 2.24) is 4.90 Å². The highest BCUT2D eigenvalue weighted by atomic mass is 32.1. The molecule has 0 N–H and O–H groups in total. The van der Waals surface area contributed by atoms with Crippen molar-refractivity contribution in [2.75, 3.05) is 14.1 Å². The molecule has 0 spiro atoms.